The third-order valence-electron chi connectivity index (χ3n) is 4.33. The average molecular weight is 341 g/mol. The summed E-state index contributed by atoms with van der Waals surface area (Å²) in [5.41, 5.74) is 2.89. The number of para-hydroxylation sites is 1. The number of aliphatic hydroxyl groups excluding tert-OH is 1. The number of amides is 2. The molecule has 1 fully saturated rings. The van der Waals surface area contributed by atoms with E-state index in [-0.39, 0.29) is 18.7 Å². The largest absolute Gasteiger partial charge is 0.394 e. The maximum Gasteiger partial charge on any atom is 0.322 e. The molecular weight excluding hydrogens is 318 g/mol. The lowest BCUT2D eigenvalue weighted by Gasteiger charge is -2.34. The number of ether oxygens (including phenoxy) is 1. The van der Waals surface area contributed by atoms with E-state index in [2.05, 4.69) is 10.3 Å². The SMILES string of the molecule is O=C(Nc1ccccc1CCc1ccccn1)N1CCOCC1CO. The minimum absolute atomic E-state index is 0.102. The molecule has 3 rings (SSSR count). The predicted molar refractivity (Wildman–Crippen MR) is 95.5 cm³/mol. The van der Waals surface area contributed by atoms with Gasteiger partial charge in [-0.3, -0.25) is 4.98 Å². The predicted octanol–water partition coefficient (Wildman–Crippen LogP) is 2.09. The summed E-state index contributed by atoms with van der Waals surface area (Å²) >= 11 is 0. The summed E-state index contributed by atoms with van der Waals surface area (Å²) in [5, 5.41) is 12.4. The smallest absolute Gasteiger partial charge is 0.322 e. The lowest BCUT2D eigenvalue weighted by molar-refractivity contribution is -0.00485. The van der Waals surface area contributed by atoms with E-state index in [9.17, 15) is 9.90 Å². The van der Waals surface area contributed by atoms with Gasteiger partial charge >= 0.3 is 6.03 Å². The van der Waals surface area contributed by atoms with Gasteiger partial charge in [0, 0.05) is 24.1 Å². The highest BCUT2D eigenvalue weighted by atomic mass is 16.5. The molecule has 6 heteroatoms. The van der Waals surface area contributed by atoms with Crippen LogP contribution in [0.5, 0.6) is 0 Å². The van der Waals surface area contributed by atoms with E-state index in [1.165, 1.54) is 0 Å². The van der Waals surface area contributed by atoms with E-state index < -0.39 is 0 Å². The van der Waals surface area contributed by atoms with Crippen LogP contribution < -0.4 is 5.32 Å². The van der Waals surface area contributed by atoms with Crippen molar-refractivity contribution in [2.45, 2.75) is 18.9 Å². The van der Waals surface area contributed by atoms with E-state index in [4.69, 9.17) is 4.74 Å². The molecule has 1 aromatic heterocycles. The number of morpholine rings is 1. The summed E-state index contributed by atoms with van der Waals surface area (Å²) in [5.74, 6) is 0. The highest BCUT2D eigenvalue weighted by molar-refractivity contribution is 5.90. The molecule has 0 bridgehead atoms. The van der Waals surface area contributed by atoms with Crippen LogP contribution in [-0.4, -0.2) is 53.4 Å². The van der Waals surface area contributed by atoms with Crippen LogP contribution in [0, 0.1) is 0 Å². The van der Waals surface area contributed by atoms with Crippen molar-refractivity contribution in [2.24, 2.45) is 0 Å². The van der Waals surface area contributed by atoms with Crippen LogP contribution in [0.1, 0.15) is 11.3 Å². The Morgan fingerprint density at radius 3 is 2.88 bits per heavy atom. The number of carbonyl (C=O) groups excluding carboxylic acids is 1. The third-order valence-corrected chi connectivity index (χ3v) is 4.33. The van der Waals surface area contributed by atoms with Gasteiger partial charge in [-0.2, -0.15) is 0 Å². The Hall–Kier alpha value is -2.44. The molecule has 1 aliphatic heterocycles. The summed E-state index contributed by atoms with van der Waals surface area (Å²) < 4.78 is 5.33. The summed E-state index contributed by atoms with van der Waals surface area (Å²) in [6.45, 7) is 1.23. The Kier molecular flexibility index (Phi) is 5.98. The zero-order valence-corrected chi connectivity index (χ0v) is 14.1. The van der Waals surface area contributed by atoms with Crippen LogP contribution in [0.4, 0.5) is 10.5 Å². The van der Waals surface area contributed by atoms with Gasteiger partial charge in [0.05, 0.1) is 25.9 Å². The fourth-order valence-corrected chi connectivity index (χ4v) is 2.93. The fraction of sp³-hybridized carbons (Fsp3) is 0.368. The van der Waals surface area contributed by atoms with E-state index in [1.807, 2.05) is 42.5 Å². The first-order valence-corrected chi connectivity index (χ1v) is 8.52. The molecule has 0 aliphatic carbocycles. The quantitative estimate of drug-likeness (QED) is 0.873. The second kappa shape index (κ2) is 8.60. The summed E-state index contributed by atoms with van der Waals surface area (Å²) in [4.78, 5) is 18.6. The number of hydrogen-bond acceptors (Lipinski definition) is 4. The zero-order valence-electron chi connectivity index (χ0n) is 14.1. The van der Waals surface area contributed by atoms with Crippen molar-refractivity contribution < 1.29 is 14.6 Å². The maximum atomic E-state index is 12.6. The number of aryl methyl sites for hydroxylation is 2. The van der Waals surface area contributed by atoms with Gasteiger partial charge in [0.25, 0.3) is 0 Å². The lowest BCUT2D eigenvalue weighted by Crippen LogP contribution is -2.52. The molecule has 2 N–H and O–H groups in total. The second-order valence-electron chi connectivity index (χ2n) is 6.01. The maximum absolute atomic E-state index is 12.6. The molecule has 0 radical (unpaired) electrons. The van der Waals surface area contributed by atoms with Crippen molar-refractivity contribution in [3.05, 3.63) is 59.9 Å². The van der Waals surface area contributed by atoms with Crippen LogP contribution >= 0.6 is 0 Å². The number of nitrogens with zero attached hydrogens (tertiary/aromatic N) is 2. The van der Waals surface area contributed by atoms with Gasteiger partial charge in [-0.25, -0.2) is 4.79 Å². The molecule has 1 atom stereocenters. The molecule has 132 valence electrons. The monoisotopic (exact) mass is 341 g/mol. The molecule has 2 heterocycles. The Balaban J connectivity index is 1.67. The molecule has 2 amide bonds. The van der Waals surface area contributed by atoms with E-state index >= 15 is 0 Å². The van der Waals surface area contributed by atoms with Gasteiger partial charge in [0.2, 0.25) is 0 Å². The standard InChI is InChI=1S/C19H23N3O3/c23-13-17-14-25-12-11-22(17)19(24)21-18-7-2-1-5-15(18)8-9-16-6-3-4-10-20-16/h1-7,10,17,23H,8-9,11-14H2,(H,21,24). The molecule has 0 spiro atoms. The number of aliphatic hydroxyl groups is 1. The number of pyridine rings is 1. The van der Waals surface area contributed by atoms with Crippen molar-refractivity contribution in [3.8, 4) is 0 Å². The molecule has 1 aliphatic rings. The van der Waals surface area contributed by atoms with Gasteiger partial charge < -0.3 is 20.1 Å². The highest BCUT2D eigenvalue weighted by Crippen LogP contribution is 2.19. The first-order chi connectivity index (χ1) is 12.3. The summed E-state index contributed by atoms with van der Waals surface area (Å²) in [7, 11) is 0. The van der Waals surface area contributed by atoms with Gasteiger partial charge in [-0.1, -0.05) is 24.3 Å². The molecule has 1 unspecified atom stereocenters. The molecular formula is C19H23N3O3. The number of hydrogen-bond donors (Lipinski definition) is 2. The number of urea groups is 1. The van der Waals surface area contributed by atoms with Crippen molar-refractivity contribution >= 4 is 11.7 Å². The van der Waals surface area contributed by atoms with Crippen molar-refractivity contribution in [1.29, 1.82) is 0 Å². The van der Waals surface area contributed by atoms with Gasteiger partial charge in [-0.05, 0) is 36.6 Å². The number of carbonyl (C=O) groups is 1. The first-order valence-electron chi connectivity index (χ1n) is 8.52. The minimum Gasteiger partial charge on any atom is -0.394 e. The molecule has 0 saturated carbocycles. The lowest BCUT2D eigenvalue weighted by atomic mass is 10.1. The van der Waals surface area contributed by atoms with Crippen molar-refractivity contribution in [1.82, 2.24) is 9.88 Å². The van der Waals surface area contributed by atoms with Crippen LogP contribution in [0.2, 0.25) is 0 Å². The third kappa shape index (κ3) is 4.55. The number of anilines is 1. The fourth-order valence-electron chi connectivity index (χ4n) is 2.93. The van der Waals surface area contributed by atoms with E-state index in [1.54, 1.807) is 11.1 Å². The molecule has 1 aromatic carbocycles. The number of nitrogens with one attached hydrogen (secondary N) is 1. The van der Waals surface area contributed by atoms with Crippen molar-refractivity contribution in [3.63, 3.8) is 0 Å². The van der Waals surface area contributed by atoms with Gasteiger partial charge in [0.15, 0.2) is 0 Å². The van der Waals surface area contributed by atoms with E-state index in [0.29, 0.717) is 19.8 Å². The van der Waals surface area contributed by atoms with Crippen LogP contribution in [0.3, 0.4) is 0 Å². The van der Waals surface area contributed by atoms with Gasteiger partial charge in [0.1, 0.15) is 0 Å². The van der Waals surface area contributed by atoms with E-state index in [0.717, 1.165) is 29.8 Å². The topological polar surface area (TPSA) is 74.7 Å². The zero-order chi connectivity index (χ0) is 17.5. The normalized spacial score (nSPS) is 17.3. The first kappa shape index (κ1) is 17.4. The average Bonchev–Trinajstić information content (AvgIpc) is 2.68. The Labute approximate surface area is 147 Å². The summed E-state index contributed by atoms with van der Waals surface area (Å²) in [6.07, 6.45) is 3.39. The Bertz CT molecular complexity index is 693. The second-order valence-corrected chi connectivity index (χ2v) is 6.01. The van der Waals surface area contributed by atoms with Crippen molar-refractivity contribution in [2.75, 3.05) is 31.7 Å². The minimum atomic E-state index is -0.297. The number of rotatable bonds is 5. The molecule has 1 saturated heterocycles. The Morgan fingerprint density at radius 1 is 1.24 bits per heavy atom. The van der Waals surface area contributed by atoms with Crippen LogP contribution in [0.15, 0.2) is 48.7 Å². The molecule has 6 nitrogen and oxygen atoms in total. The summed E-state index contributed by atoms with van der Waals surface area (Å²) in [6, 6.07) is 13.2. The highest BCUT2D eigenvalue weighted by Gasteiger charge is 2.27. The number of aromatic nitrogens is 1. The van der Waals surface area contributed by atoms with Crippen LogP contribution in [-0.2, 0) is 17.6 Å². The van der Waals surface area contributed by atoms with Gasteiger partial charge in [-0.15, -0.1) is 0 Å². The molecule has 25 heavy (non-hydrogen) atoms. The Morgan fingerprint density at radius 2 is 2.08 bits per heavy atom. The van der Waals surface area contributed by atoms with Crippen LogP contribution in [0.25, 0.3) is 0 Å². The molecule has 2 aromatic rings. The number of benzene rings is 1.